The predicted octanol–water partition coefficient (Wildman–Crippen LogP) is 1.56. The largest absolute Gasteiger partial charge is 0.376 e. The Bertz CT molecular complexity index is 1020. The molecule has 9 heteroatoms. The third-order valence-corrected chi connectivity index (χ3v) is 7.77. The van der Waals surface area contributed by atoms with Crippen LogP contribution in [0.4, 0.5) is 5.69 Å². The van der Waals surface area contributed by atoms with Crippen molar-refractivity contribution < 1.29 is 23.9 Å². The molecule has 1 saturated carbocycles. The van der Waals surface area contributed by atoms with E-state index in [9.17, 15) is 19.2 Å². The highest BCUT2D eigenvalue weighted by Crippen LogP contribution is 2.35. The lowest BCUT2D eigenvalue weighted by atomic mass is 9.86. The van der Waals surface area contributed by atoms with Crippen molar-refractivity contribution in [3.63, 3.8) is 0 Å². The third-order valence-electron chi connectivity index (χ3n) is 7.77. The highest BCUT2D eigenvalue weighted by molar-refractivity contribution is 6.23. The van der Waals surface area contributed by atoms with Crippen molar-refractivity contribution in [1.29, 1.82) is 0 Å². The van der Waals surface area contributed by atoms with E-state index in [1.807, 2.05) is 13.0 Å². The summed E-state index contributed by atoms with van der Waals surface area (Å²) < 4.78 is 5.75. The molecule has 0 bridgehead atoms. The fraction of sp³-hybridized carbons (Fsp3) is 0.600. The van der Waals surface area contributed by atoms with Gasteiger partial charge in [-0.1, -0.05) is 12.8 Å². The van der Waals surface area contributed by atoms with E-state index in [2.05, 4.69) is 22.2 Å². The van der Waals surface area contributed by atoms with Crippen molar-refractivity contribution >= 4 is 29.3 Å². The average Bonchev–Trinajstić information content (AvgIpc) is 3.05. The molecular weight excluding hydrogens is 436 g/mol. The molecule has 2 saturated heterocycles. The second-order valence-corrected chi connectivity index (χ2v) is 9.74. The number of nitrogens with one attached hydrogen (secondary N) is 1. The minimum absolute atomic E-state index is 0.113. The third kappa shape index (κ3) is 3.90. The molecule has 1 unspecified atom stereocenters. The molecule has 4 amide bonds. The fourth-order valence-corrected chi connectivity index (χ4v) is 5.92. The average molecular weight is 469 g/mol. The summed E-state index contributed by atoms with van der Waals surface area (Å²) in [5, 5.41) is 2.24. The first kappa shape index (κ1) is 23.0. The Morgan fingerprint density at radius 1 is 1.03 bits per heavy atom. The quantitative estimate of drug-likeness (QED) is 0.633. The highest BCUT2D eigenvalue weighted by Gasteiger charge is 2.45. The van der Waals surface area contributed by atoms with E-state index in [1.54, 1.807) is 12.1 Å². The Labute approximate surface area is 199 Å². The molecular formula is C25H32N4O5. The van der Waals surface area contributed by atoms with E-state index in [0.29, 0.717) is 29.3 Å². The van der Waals surface area contributed by atoms with Crippen LogP contribution in [0.2, 0.25) is 0 Å². The maximum Gasteiger partial charge on any atom is 0.262 e. The van der Waals surface area contributed by atoms with Gasteiger partial charge >= 0.3 is 0 Å². The van der Waals surface area contributed by atoms with Crippen LogP contribution >= 0.6 is 0 Å². The van der Waals surface area contributed by atoms with Crippen LogP contribution in [-0.4, -0.2) is 84.4 Å². The summed E-state index contributed by atoms with van der Waals surface area (Å²) in [6.07, 6.45) is 5.18. The summed E-state index contributed by atoms with van der Waals surface area (Å²) in [4.78, 5) is 55.8. The van der Waals surface area contributed by atoms with Crippen molar-refractivity contribution in [2.24, 2.45) is 0 Å². The van der Waals surface area contributed by atoms with Crippen molar-refractivity contribution in [2.75, 3.05) is 31.6 Å². The van der Waals surface area contributed by atoms with Crippen LogP contribution in [0.25, 0.3) is 0 Å². The van der Waals surface area contributed by atoms with Crippen LogP contribution in [0.5, 0.6) is 0 Å². The molecule has 4 aliphatic rings. The van der Waals surface area contributed by atoms with Gasteiger partial charge in [0.1, 0.15) is 6.04 Å². The van der Waals surface area contributed by atoms with E-state index in [1.165, 1.54) is 12.8 Å². The Balaban J connectivity index is 1.34. The van der Waals surface area contributed by atoms with Crippen LogP contribution in [0, 0.1) is 0 Å². The van der Waals surface area contributed by atoms with Gasteiger partial charge in [-0.3, -0.25) is 34.3 Å². The number of nitrogens with zero attached hydrogens (tertiary/aromatic N) is 3. The van der Waals surface area contributed by atoms with Gasteiger partial charge in [-0.25, -0.2) is 0 Å². The number of carbonyl (C=O) groups excluding carboxylic acids is 4. The van der Waals surface area contributed by atoms with E-state index in [-0.39, 0.29) is 18.7 Å². The van der Waals surface area contributed by atoms with Gasteiger partial charge in [-0.05, 0) is 44.4 Å². The lowest BCUT2D eigenvalue weighted by Gasteiger charge is -2.50. The number of carbonyl (C=O) groups is 4. The van der Waals surface area contributed by atoms with Gasteiger partial charge in [0.05, 0.1) is 17.2 Å². The van der Waals surface area contributed by atoms with E-state index in [4.69, 9.17) is 4.74 Å². The molecule has 3 aliphatic heterocycles. The van der Waals surface area contributed by atoms with Crippen LogP contribution in [0.3, 0.4) is 0 Å². The van der Waals surface area contributed by atoms with Gasteiger partial charge in [-0.2, -0.15) is 0 Å². The molecule has 182 valence electrons. The minimum Gasteiger partial charge on any atom is -0.376 e. The minimum atomic E-state index is -0.946. The van der Waals surface area contributed by atoms with Gasteiger partial charge in [0.2, 0.25) is 11.8 Å². The second-order valence-electron chi connectivity index (χ2n) is 9.74. The topological polar surface area (TPSA) is 99.3 Å². The van der Waals surface area contributed by atoms with Crippen molar-refractivity contribution in [1.82, 2.24) is 15.1 Å². The number of benzene rings is 1. The zero-order valence-electron chi connectivity index (χ0n) is 19.8. The number of amides is 4. The number of likely N-dealkylation sites (tertiary alicyclic amines) is 1. The zero-order valence-corrected chi connectivity index (χ0v) is 19.8. The fourth-order valence-electron chi connectivity index (χ4n) is 5.92. The molecule has 9 nitrogen and oxygen atoms in total. The lowest BCUT2D eigenvalue weighted by molar-refractivity contribution is -0.136. The number of hydrogen-bond acceptors (Lipinski definition) is 7. The maximum absolute atomic E-state index is 13.2. The number of anilines is 1. The summed E-state index contributed by atoms with van der Waals surface area (Å²) >= 11 is 0. The maximum atomic E-state index is 13.2. The number of hydrogen-bond donors (Lipinski definition) is 1. The van der Waals surface area contributed by atoms with Gasteiger partial charge in [-0.15, -0.1) is 0 Å². The number of rotatable bonds is 6. The summed E-state index contributed by atoms with van der Waals surface area (Å²) in [6.45, 7) is 4.69. The first-order valence-electron chi connectivity index (χ1n) is 12.3. The number of ether oxygens (including phenoxy) is 1. The van der Waals surface area contributed by atoms with Crippen LogP contribution in [0.15, 0.2) is 18.2 Å². The lowest BCUT2D eigenvalue weighted by Crippen LogP contribution is -2.62. The van der Waals surface area contributed by atoms with Gasteiger partial charge < -0.3 is 9.64 Å². The summed E-state index contributed by atoms with van der Waals surface area (Å²) in [6, 6.07) is 5.17. The van der Waals surface area contributed by atoms with E-state index in [0.717, 1.165) is 43.1 Å². The normalized spacial score (nSPS) is 28.1. The number of imide groups is 2. The summed E-state index contributed by atoms with van der Waals surface area (Å²) in [5.74, 6) is -1.90. The Morgan fingerprint density at radius 3 is 2.50 bits per heavy atom. The van der Waals surface area contributed by atoms with E-state index >= 15 is 0 Å². The van der Waals surface area contributed by atoms with Crippen LogP contribution in [0.1, 0.15) is 66.2 Å². The first-order chi connectivity index (χ1) is 16.4. The van der Waals surface area contributed by atoms with Crippen molar-refractivity contribution in [3.8, 4) is 0 Å². The SMILES string of the molecule is CCOC1CN([C@H]2CCCC[C@H]2N(C)c2ccc3c(c2)C(=O)N(C2CCC(=O)NC2=O)C3=O)C1. The van der Waals surface area contributed by atoms with Crippen LogP contribution < -0.4 is 10.2 Å². The van der Waals surface area contributed by atoms with Gasteiger partial charge in [0.15, 0.2) is 0 Å². The number of likely N-dealkylation sites (N-methyl/N-ethyl adjacent to an activating group) is 1. The molecule has 0 aromatic heterocycles. The molecule has 3 heterocycles. The Kier molecular flexibility index (Phi) is 6.16. The monoisotopic (exact) mass is 468 g/mol. The van der Waals surface area contributed by atoms with Crippen molar-refractivity contribution in [2.45, 2.75) is 69.7 Å². The van der Waals surface area contributed by atoms with E-state index < -0.39 is 23.8 Å². The molecule has 1 aromatic rings. The number of fused-ring (bicyclic) bond motifs is 1. The predicted molar refractivity (Wildman–Crippen MR) is 125 cm³/mol. The summed E-state index contributed by atoms with van der Waals surface area (Å²) in [7, 11) is 2.06. The molecule has 0 radical (unpaired) electrons. The summed E-state index contributed by atoms with van der Waals surface area (Å²) in [5.41, 5.74) is 1.53. The van der Waals surface area contributed by atoms with Crippen LogP contribution in [-0.2, 0) is 14.3 Å². The molecule has 3 fully saturated rings. The molecule has 34 heavy (non-hydrogen) atoms. The molecule has 1 aliphatic carbocycles. The van der Waals surface area contributed by atoms with Crippen molar-refractivity contribution in [3.05, 3.63) is 29.3 Å². The Morgan fingerprint density at radius 2 is 1.76 bits per heavy atom. The molecule has 1 N–H and O–H groups in total. The second kappa shape index (κ2) is 9.11. The molecule has 5 rings (SSSR count). The van der Waals surface area contributed by atoms with Gasteiger partial charge in [0.25, 0.3) is 11.8 Å². The van der Waals surface area contributed by atoms with Gasteiger partial charge in [0, 0.05) is 50.9 Å². The number of piperidine rings is 1. The highest BCUT2D eigenvalue weighted by atomic mass is 16.5. The molecule has 3 atom stereocenters. The smallest absolute Gasteiger partial charge is 0.262 e. The zero-order chi connectivity index (χ0) is 24.0. The standard InChI is InChI=1S/C25H32N4O5/c1-3-34-16-13-28(14-16)20-7-5-4-6-19(20)27(2)15-8-9-17-18(12-15)25(33)29(24(17)32)21-10-11-22(30)26-23(21)31/h8-9,12,16,19-21H,3-7,10-11,13-14H2,1-2H3,(H,26,30,31)/t19-,20+,21?/m1/s1. The molecule has 0 spiro atoms. The molecule has 1 aromatic carbocycles. The Hall–Kier alpha value is -2.78. The first-order valence-corrected chi connectivity index (χ1v) is 12.3.